The van der Waals surface area contributed by atoms with Gasteiger partial charge in [0, 0.05) is 23.7 Å². The molecule has 0 aliphatic heterocycles. The monoisotopic (exact) mass is 259 g/mol. The molecule has 0 fully saturated rings. The van der Waals surface area contributed by atoms with Crippen molar-refractivity contribution in [2.45, 2.75) is 31.9 Å². The first-order chi connectivity index (χ1) is 7.92. The highest BCUT2D eigenvalue weighted by atomic mass is 35.5. The van der Waals surface area contributed by atoms with Crippen LogP contribution in [-0.2, 0) is 11.2 Å². The maximum atomic E-state index is 13.7. The summed E-state index contributed by atoms with van der Waals surface area (Å²) in [6.07, 6.45) is 0.489. The minimum absolute atomic E-state index is 0.0121. The van der Waals surface area contributed by atoms with Gasteiger partial charge in [0.05, 0.1) is 5.60 Å². The van der Waals surface area contributed by atoms with E-state index in [0.717, 1.165) is 0 Å². The Morgan fingerprint density at radius 1 is 1.47 bits per heavy atom. The molecule has 1 aromatic carbocycles. The first-order valence-corrected chi connectivity index (χ1v) is 5.95. The molecule has 0 bridgehead atoms. The molecule has 0 aliphatic carbocycles. The molecular weight excluding hydrogens is 241 g/mol. The number of halogens is 2. The summed E-state index contributed by atoms with van der Waals surface area (Å²) in [4.78, 5) is 0. The summed E-state index contributed by atoms with van der Waals surface area (Å²) in [5.41, 5.74) is 0.138. The maximum absolute atomic E-state index is 13.7. The second-order valence-corrected chi connectivity index (χ2v) is 4.96. The molecule has 96 valence electrons. The zero-order chi connectivity index (χ0) is 13.1. The van der Waals surface area contributed by atoms with Gasteiger partial charge in [-0.1, -0.05) is 17.7 Å². The van der Waals surface area contributed by atoms with Gasteiger partial charge in [-0.2, -0.15) is 0 Å². The van der Waals surface area contributed by atoms with E-state index in [0.29, 0.717) is 17.0 Å². The Morgan fingerprint density at radius 3 is 2.59 bits per heavy atom. The van der Waals surface area contributed by atoms with Crippen LogP contribution in [0.3, 0.4) is 0 Å². The van der Waals surface area contributed by atoms with Gasteiger partial charge in [-0.25, -0.2) is 4.39 Å². The van der Waals surface area contributed by atoms with Crippen molar-refractivity contribution in [3.05, 3.63) is 34.6 Å². The lowest BCUT2D eigenvalue weighted by atomic mass is 9.92. The molecule has 1 N–H and O–H groups in total. The number of hydrogen-bond acceptors (Lipinski definition) is 2. The fourth-order valence-electron chi connectivity index (χ4n) is 1.77. The largest absolute Gasteiger partial charge is 0.377 e. The van der Waals surface area contributed by atoms with E-state index in [1.165, 1.54) is 6.07 Å². The average molecular weight is 260 g/mol. The third-order valence-corrected chi connectivity index (χ3v) is 3.54. The fourth-order valence-corrected chi connectivity index (χ4v) is 2.01. The van der Waals surface area contributed by atoms with Crippen LogP contribution in [0, 0.1) is 5.82 Å². The lowest BCUT2D eigenvalue weighted by Gasteiger charge is -2.33. The Labute approximate surface area is 107 Å². The average Bonchev–Trinajstić information content (AvgIpc) is 2.28. The normalized spacial score (nSPS) is 13.8. The molecule has 0 radical (unpaired) electrons. The Morgan fingerprint density at radius 2 is 2.12 bits per heavy atom. The van der Waals surface area contributed by atoms with Crippen LogP contribution in [-0.4, -0.2) is 25.8 Å². The number of ether oxygens (including phenoxy) is 1. The Bertz CT molecular complexity index is 361. The molecule has 0 saturated carbocycles. The second kappa shape index (κ2) is 5.80. The van der Waals surface area contributed by atoms with Gasteiger partial charge in [0.2, 0.25) is 0 Å². The lowest BCUT2D eigenvalue weighted by Crippen LogP contribution is -2.48. The molecule has 0 aliphatic rings. The number of hydrogen-bond donors (Lipinski definition) is 1. The van der Waals surface area contributed by atoms with E-state index in [4.69, 9.17) is 16.3 Å². The van der Waals surface area contributed by atoms with Crippen molar-refractivity contribution in [2.24, 2.45) is 0 Å². The molecule has 0 saturated heterocycles. The molecule has 0 amide bonds. The zero-order valence-electron chi connectivity index (χ0n) is 10.7. The molecule has 1 rings (SSSR count). The van der Waals surface area contributed by atoms with Gasteiger partial charge < -0.3 is 10.1 Å². The van der Waals surface area contributed by atoms with Crippen LogP contribution < -0.4 is 5.32 Å². The summed E-state index contributed by atoms with van der Waals surface area (Å²) in [6.45, 7) is 3.92. The Balaban J connectivity index is 2.96. The van der Waals surface area contributed by atoms with E-state index in [1.54, 1.807) is 19.2 Å². The van der Waals surface area contributed by atoms with Gasteiger partial charge in [-0.3, -0.25) is 0 Å². The lowest BCUT2D eigenvalue weighted by molar-refractivity contribution is -0.00814. The van der Waals surface area contributed by atoms with E-state index >= 15 is 0 Å². The zero-order valence-corrected chi connectivity index (χ0v) is 11.4. The summed E-state index contributed by atoms with van der Waals surface area (Å²) < 4.78 is 19.1. The molecule has 1 aromatic rings. The van der Waals surface area contributed by atoms with E-state index in [2.05, 4.69) is 5.32 Å². The third-order valence-electron chi connectivity index (χ3n) is 3.18. The van der Waals surface area contributed by atoms with Crippen LogP contribution in [0.2, 0.25) is 5.02 Å². The predicted octanol–water partition coefficient (Wildman–Crippen LogP) is 3.03. The SMILES string of the molecule is CNC(Cc1c(F)cccc1Cl)C(C)(C)OC. The van der Waals surface area contributed by atoms with Crippen molar-refractivity contribution < 1.29 is 9.13 Å². The van der Waals surface area contributed by atoms with E-state index in [1.807, 2.05) is 20.9 Å². The minimum Gasteiger partial charge on any atom is -0.377 e. The molecule has 1 unspecified atom stereocenters. The van der Waals surface area contributed by atoms with Crippen molar-refractivity contribution in [1.29, 1.82) is 0 Å². The van der Waals surface area contributed by atoms with Crippen LogP contribution in [0.1, 0.15) is 19.4 Å². The minimum atomic E-state index is -0.389. The molecule has 4 heteroatoms. The summed E-state index contributed by atoms with van der Waals surface area (Å²) >= 11 is 6.02. The van der Waals surface area contributed by atoms with Crippen molar-refractivity contribution in [1.82, 2.24) is 5.32 Å². The van der Waals surface area contributed by atoms with Crippen LogP contribution >= 0.6 is 11.6 Å². The second-order valence-electron chi connectivity index (χ2n) is 4.55. The number of rotatable bonds is 5. The highest BCUT2D eigenvalue weighted by molar-refractivity contribution is 6.31. The van der Waals surface area contributed by atoms with Crippen LogP contribution in [0.5, 0.6) is 0 Å². The smallest absolute Gasteiger partial charge is 0.127 e. The van der Waals surface area contributed by atoms with Gasteiger partial charge in [0.15, 0.2) is 0 Å². The molecule has 17 heavy (non-hydrogen) atoms. The van der Waals surface area contributed by atoms with Crippen LogP contribution in [0.15, 0.2) is 18.2 Å². The molecule has 0 heterocycles. The quantitative estimate of drug-likeness (QED) is 0.878. The number of nitrogens with one attached hydrogen (secondary N) is 1. The van der Waals surface area contributed by atoms with Crippen molar-refractivity contribution in [3.63, 3.8) is 0 Å². The molecule has 0 spiro atoms. The van der Waals surface area contributed by atoms with Crippen molar-refractivity contribution in [2.75, 3.05) is 14.2 Å². The van der Waals surface area contributed by atoms with E-state index in [-0.39, 0.29) is 17.5 Å². The summed E-state index contributed by atoms with van der Waals surface area (Å²) in [7, 11) is 3.48. The Kier molecular flexibility index (Phi) is 4.92. The molecule has 1 atom stereocenters. The highest BCUT2D eigenvalue weighted by Gasteiger charge is 2.29. The van der Waals surface area contributed by atoms with E-state index in [9.17, 15) is 4.39 Å². The fraction of sp³-hybridized carbons (Fsp3) is 0.538. The predicted molar refractivity (Wildman–Crippen MR) is 69.0 cm³/mol. The summed E-state index contributed by atoms with van der Waals surface area (Å²) in [5.74, 6) is -0.273. The van der Waals surface area contributed by atoms with Gasteiger partial charge in [-0.05, 0) is 39.4 Å². The van der Waals surface area contributed by atoms with Gasteiger partial charge in [0.1, 0.15) is 5.82 Å². The molecule has 0 aromatic heterocycles. The maximum Gasteiger partial charge on any atom is 0.127 e. The third kappa shape index (κ3) is 3.41. The number of likely N-dealkylation sites (N-methyl/N-ethyl adjacent to an activating group) is 1. The van der Waals surface area contributed by atoms with Gasteiger partial charge >= 0.3 is 0 Å². The highest BCUT2D eigenvalue weighted by Crippen LogP contribution is 2.24. The Hall–Kier alpha value is -0.640. The van der Waals surface area contributed by atoms with Crippen molar-refractivity contribution in [3.8, 4) is 0 Å². The van der Waals surface area contributed by atoms with E-state index < -0.39 is 0 Å². The number of methoxy groups -OCH3 is 1. The number of benzene rings is 1. The summed E-state index contributed by atoms with van der Waals surface area (Å²) in [6, 6.07) is 4.72. The standard InChI is InChI=1S/C13H19ClFNO/c1-13(2,17-4)12(16-3)8-9-10(14)6-5-7-11(9)15/h5-7,12,16H,8H2,1-4H3. The first kappa shape index (κ1) is 14.4. The van der Waals surface area contributed by atoms with Gasteiger partial charge in [-0.15, -0.1) is 0 Å². The first-order valence-electron chi connectivity index (χ1n) is 5.57. The van der Waals surface area contributed by atoms with Gasteiger partial charge in [0.25, 0.3) is 0 Å². The van der Waals surface area contributed by atoms with Crippen LogP contribution in [0.25, 0.3) is 0 Å². The van der Waals surface area contributed by atoms with Crippen LogP contribution in [0.4, 0.5) is 4.39 Å². The topological polar surface area (TPSA) is 21.3 Å². The molecule has 2 nitrogen and oxygen atoms in total. The van der Waals surface area contributed by atoms with Crippen molar-refractivity contribution >= 4 is 11.6 Å². The summed E-state index contributed by atoms with van der Waals surface area (Å²) in [5, 5.41) is 3.60. The molecular formula is C13H19ClFNO.